The maximum atomic E-state index is 12.2. The van der Waals surface area contributed by atoms with E-state index < -0.39 is 0 Å². The lowest BCUT2D eigenvalue weighted by atomic mass is 10.1. The first-order valence-electron chi connectivity index (χ1n) is 6.37. The van der Waals surface area contributed by atoms with E-state index in [4.69, 9.17) is 0 Å². The molecule has 1 atom stereocenters. The topological polar surface area (TPSA) is 54.0 Å². The molecule has 1 aromatic rings. The quantitative estimate of drug-likeness (QED) is 0.876. The summed E-state index contributed by atoms with van der Waals surface area (Å²) >= 11 is 1.91. The Kier molecular flexibility index (Phi) is 4.87. The number of carbonyl (C=O) groups excluding carboxylic acids is 1. The minimum atomic E-state index is 0.000787. The van der Waals surface area contributed by atoms with Crippen LogP contribution in [0.2, 0.25) is 0 Å². The number of pyridine rings is 1. The van der Waals surface area contributed by atoms with Gasteiger partial charge in [0.05, 0.1) is 17.4 Å². The van der Waals surface area contributed by atoms with Gasteiger partial charge in [0.2, 0.25) is 0 Å². The zero-order chi connectivity index (χ0) is 12.8. The van der Waals surface area contributed by atoms with Crippen molar-refractivity contribution in [1.82, 2.24) is 10.3 Å². The Bertz CT molecular complexity index is 405. The SMILES string of the molecule is CCNc1cnccc1C(=O)NC1CCCSC1. The third-order valence-electron chi connectivity index (χ3n) is 2.93. The van der Waals surface area contributed by atoms with E-state index in [-0.39, 0.29) is 5.91 Å². The van der Waals surface area contributed by atoms with E-state index in [1.165, 1.54) is 12.2 Å². The van der Waals surface area contributed by atoms with E-state index in [1.54, 1.807) is 18.5 Å². The van der Waals surface area contributed by atoms with Crippen molar-refractivity contribution in [1.29, 1.82) is 0 Å². The molecule has 1 saturated heterocycles. The van der Waals surface area contributed by atoms with E-state index in [2.05, 4.69) is 15.6 Å². The molecule has 18 heavy (non-hydrogen) atoms. The van der Waals surface area contributed by atoms with Crippen molar-refractivity contribution in [3.8, 4) is 0 Å². The van der Waals surface area contributed by atoms with Crippen LogP contribution in [0.5, 0.6) is 0 Å². The Labute approximate surface area is 112 Å². The predicted molar refractivity (Wildman–Crippen MR) is 76.2 cm³/mol. The number of aromatic nitrogens is 1. The molecule has 0 aromatic carbocycles. The first-order valence-corrected chi connectivity index (χ1v) is 7.53. The highest BCUT2D eigenvalue weighted by Gasteiger charge is 2.18. The molecule has 1 aliphatic heterocycles. The molecule has 2 heterocycles. The van der Waals surface area contributed by atoms with Crippen LogP contribution < -0.4 is 10.6 Å². The number of rotatable bonds is 4. The summed E-state index contributed by atoms with van der Waals surface area (Å²) in [5.41, 5.74) is 1.49. The lowest BCUT2D eigenvalue weighted by Gasteiger charge is -2.23. The van der Waals surface area contributed by atoms with E-state index in [1.807, 2.05) is 18.7 Å². The van der Waals surface area contributed by atoms with Crippen LogP contribution in [0.4, 0.5) is 5.69 Å². The minimum absolute atomic E-state index is 0.000787. The number of hydrogen-bond acceptors (Lipinski definition) is 4. The van der Waals surface area contributed by atoms with Crippen molar-refractivity contribution in [3.05, 3.63) is 24.0 Å². The smallest absolute Gasteiger partial charge is 0.253 e. The van der Waals surface area contributed by atoms with Gasteiger partial charge in [0, 0.05) is 24.5 Å². The second kappa shape index (κ2) is 6.64. The molecule has 2 rings (SSSR count). The molecule has 1 fully saturated rings. The first kappa shape index (κ1) is 13.2. The van der Waals surface area contributed by atoms with Crippen molar-refractivity contribution in [2.75, 3.05) is 23.4 Å². The molecule has 5 heteroatoms. The largest absolute Gasteiger partial charge is 0.383 e. The highest BCUT2D eigenvalue weighted by molar-refractivity contribution is 7.99. The lowest BCUT2D eigenvalue weighted by molar-refractivity contribution is 0.0939. The summed E-state index contributed by atoms with van der Waals surface area (Å²) in [5.74, 6) is 2.23. The molecule has 4 nitrogen and oxygen atoms in total. The van der Waals surface area contributed by atoms with Gasteiger partial charge in [-0.05, 0) is 31.6 Å². The molecule has 2 N–H and O–H groups in total. The number of thioether (sulfide) groups is 1. The number of hydrogen-bond donors (Lipinski definition) is 2. The van der Waals surface area contributed by atoms with Crippen LogP contribution in [0.15, 0.2) is 18.5 Å². The Morgan fingerprint density at radius 3 is 3.22 bits per heavy atom. The van der Waals surface area contributed by atoms with Gasteiger partial charge in [-0.25, -0.2) is 0 Å². The van der Waals surface area contributed by atoms with Gasteiger partial charge in [-0.15, -0.1) is 0 Å². The lowest BCUT2D eigenvalue weighted by Crippen LogP contribution is -2.38. The standard InChI is InChI=1S/C13H19N3OS/c1-2-15-12-8-14-6-5-11(12)13(17)16-10-4-3-7-18-9-10/h5-6,8,10,15H,2-4,7,9H2,1H3,(H,16,17). The third-order valence-corrected chi connectivity index (χ3v) is 4.14. The van der Waals surface area contributed by atoms with Crippen LogP contribution in [0.3, 0.4) is 0 Å². The average molecular weight is 265 g/mol. The molecule has 1 aliphatic rings. The summed E-state index contributed by atoms with van der Waals surface area (Å²) in [6.07, 6.45) is 5.63. The van der Waals surface area contributed by atoms with Crippen molar-refractivity contribution in [2.24, 2.45) is 0 Å². The fourth-order valence-electron chi connectivity index (χ4n) is 2.04. The van der Waals surface area contributed by atoms with Gasteiger partial charge in [0.1, 0.15) is 0 Å². The van der Waals surface area contributed by atoms with Crippen LogP contribution >= 0.6 is 11.8 Å². The fraction of sp³-hybridized carbons (Fsp3) is 0.538. The molecule has 0 saturated carbocycles. The molecule has 1 amide bonds. The maximum absolute atomic E-state index is 12.2. The molecule has 98 valence electrons. The summed E-state index contributed by atoms with van der Waals surface area (Å²) < 4.78 is 0. The van der Waals surface area contributed by atoms with Crippen molar-refractivity contribution < 1.29 is 4.79 Å². The zero-order valence-corrected chi connectivity index (χ0v) is 11.4. The van der Waals surface area contributed by atoms with Gasteiger partial charge in [0.25, 0.3) is 5.91 Å². The predicted octanol–water partition coefficient (Wildman–Crippen LogP) is 2.14. The highest BCUT2D eigenvalue weighted by Crippen LogP contribution is 2.18. The van der Waals surface area contributed by atoms with Gasteiger partial charge < -0.3 is 10.6 Å². The highest BCUT2D eigenvalue weighted by atomic mass is 32.2. The summed E-state index contributed by atoms with van der Waals surface area (Å²) in [4.78, 5) is 16.3. The molecule has 0 aliphatic carbocycles. The summed E-state index contributed by atoms with van der Waals surface area (Å²) in [6, 6.07) is 2.07. The van der Waals surface area contributed by atoms with Crippen LogP contribution in [-0.2, 0) is 0 Å². The van der Waals surface area contributed by atoms with Gasteiger partial charge in [0.15, 0.2) is 0 Å². The Morgan fingerprint density at radius 1 is 1.61 bits per heavy atom. The molecule has 1 unspecified atom stereocenters. The molecular formula is C13H19N3OS. The normalized spacial score (nSPS) is 19.3. The van der Waals surface area contributed by atoms with Crippen molar-refractivity contribution >= 4 is 23.4 Å². The second-order valence-corrected chi connectivity index (χ2v) is 5.49. The van der Waals surface area contributed by atoms with Crippen molar-refractivity contribution in [2.45, 2.75) is 25.8 Å². The first-order chi connectivity index (χ1) is 8.81. The Balaban J connectivity index is 2.03. The fourth-order valence-corrected chi connectivity index (χ4v) is 3.11. The number of carbonyl (C=O) groups is 1. The maximum Gasteiger partial charge on any atom is 0.253 e. The number of anilines is 1. The average Bonchev–Trinajstić information content (AvgIpc) is 2.41. The van der Waals surface area contributed by atoms with E-state index >= 15 is 0 Å². The van der Waals surface area contributed by atoms with Crippen LogP contribution in [-0.4, -0.2) is 35.0 Å². The Morgan fingerprint density at radius 2 is 2.50 bits per heavy atom. The summed E-state index contributed by atoms with van der Waals surface area (Å²) in [6.45, 7) is 2.79. The monoisotopic (exact) mass is 265 g/mol. The van der Waals surface area contributed by atoms with E-state index in [0.717, 1.165) is 24.4 Å². The van der Waals surface area contributed by atoms with Crippen molar-refractivity contribution in [3.63, 3.8) is 0 Å². The van der Waals surface area contributed by atoms with Crippen LogP contribution in [0.1, 0.15) is 30.1 Å². The molecule has 0 spiro atoms. The van der Waals surface area contributed by atoms with Crippen LogP contribution in [0, 0.1) is 0 Å². The number of nitrogens with one attached hydrogen (secondary N) is 2. The van der Waals surface area contributed by atoms with Crippen LogP contribution in [0.25, 0.3) is 0 Å². The molecular weight excluding hydrogens is 246 g/mol. The minimum Gasteiger partial charge on any atom is -0.383 e. The van der Waals surface area contributed by atoms with Gasteiger partial charge in [-0.1, -0.05) is 0 Å². The van der Waals surface area contributed by atoms with Gasteiger partial charge >= 0.3 is 0 Å². The van der Waals surface area contributed by atoms with Gasteiger partial charge in [-0.2, -0.15) is 11.8 Å². The zero-order valence-electron chi connectivity index (χ0n) is 10.6. The third kappa shape index (κ3) is 3.38. The van der Waals surface area contributed by atoms with E-state index in [0.29, 0.717) is 11.6 Å². The molecule has 0 bridgehead atoms. The van der Waals surface area contributed by atoms with E-state index in [9.17, 15) is 4.79 Å². The Hall–Kier alpha value is -1.23. The van der Waals surface area contributed by atoms with Gasteiger partial charge in [-0.3, -0.25) is 9.78 Å². The summed E-state index contributed by atoms with van der Waals surface area (Å²) in [5, 5.41) is 6.27. The number of nitrogens with zero attached hydrogens (tertiary/aromatic N) is 1. The number of amides is 1. The molecule has 0 radical (unpaired) electrons. The second-order valence-electron chi connectivity index (χ2n) is 4.34. The summed E-state index contributed by atoms with van der Waals surface area (Å²) in [7, 11) is 0. The molecule has 1 aromatic heterocycles.